The molecule has 216 valence electrons. The van der Waals surface area contributed by atoms with E-state index >= 15 is 0 Å². The number of hydrogen-bond donors (Lipinski definition) is 1. The molecule has 0 unspecified atom stereocenters. The molecule has 1 fully saturated rings. The predicted molar refractivity (Wildman–Crippen MR) is 153 cm³/mol. The van der Waals surface area contributed by atoms with Crippen LogP contribution in [0.2, 0.25) is 0 Å². The molecule has 5 rings (SSSR count). The molecule has 0 aromatic heterocycles. The molecule has 0 amide bonds. The van der Waals surface area contributed by atoms with Crippen molar-refractivity contribution in [1.29, 1.82) is 0 Å². The van der Waals surface area contributed by atoms with Crippen molar-refractivity contribution in [1.82, 2.24) is 0 Å². The summed E-state index contributed by atoms with van der Waals surface area (Å²) in [7, 11) is 0. The van der Waals surface area contributed by atoms with Crippen molar-refractivity contribution in [3.63, 3.8) is 0 Å². The average molecular weight is 569 g/mol. The van der Waals surface area contributed by atoms with Gasteiger partial charge in [0.05, 0.1) is 24.3 Å². The van der Waals surface area contributed by atoms with Crippen molar-refractivity contribution < 1.29 is 38.4 Å². The maximum atomic E-state index is 13.3. The molecule has 0 aliphatic carbocycles. The standard InChI is InChI=1S/C34H32O8/c35-32(26-17-9-3-10-18-26)40-23-28-29(38-21-24-13-5-1-6-14-24)30(42-33(36)27-19-11-4-12-20-27)31(34(37)41-28)39-22-25-15-7-2-8-16-25/h1-20,28-31,34,37H,21-23H2/t28-,29-,30+,31+,34+/m1/s1. The molecule has 8 heteroatoms. The summed E-state index contributed by atoms with van der Waals surface area (Å²) in [5.41, 5.74) is 2.43. The Labute approximate surface area is 244 Å². The van der Waals surface area contributed by atoms with E-state index in [1.165, 1.54) is 0 Å². The Morgan fingerprint density at radius 2 is 1.05 bits per heavy atom. The fourth-order valence-electron chi connectivity index (χ4n) is 4.66. The summed E-state index contributed by atoms with van der Waals surface area (Å²) in [6.07, 6.45) is -5.62. The number of rotatable bonds is 11. The molecule has 8 nitrogen and oxygen atoms in total. The summed E-state index contributed by atoms with van der Waals surface area (Å²) in [4.78, 5) is 26.0. The first-order chi connectivity index (χ1) is 20.6. The molecular formula is C34H32O8. The first-order valence-electron chi connectivity index (χ1n) is 13.7. The number of aliphatic hydroxyl groups is 1. The maximum absolute atomic E-state index is 13.3. The van der Waals surface area contributed by atoms with Crippen LogP contribution in [0.4, 0.5) is 0 Å². The molecule has 1 aliphatic heterocycles. The summed E-state index contributed by atoms with van der Waals surface area (Å²) < 4.78 is 29.9. The van der Waals surface area contributed by atoms with Gasteiger partial charge < -0.3 is 28.8 Å². The third-order valence-corrected chi connectivity index (χ3v) is 6.82. The largest absolute Gasteiger partial charge is 0.459 e. The van der Waals surface area contributed by atoms with E-state index in [-0.39, 0.29) is 19.8 Å². The monoisotopic (exact) mass is 568 g/mol. The van der Waals surface area contributed by atoms with Crippen molar-refractivity contribution in [2.45, 2.75) is 43.9 Å². The van der Waals surface area contributed by atoms with Gasteiger partial charge in [-0.3, -0.25) is 0 Å². The smallest absolute Gasteiger partial charge is 0.338 e. The summed E-state index contributed by atoms with van der Waals surface area (Å²) in [6, 6.07) is 36.0. The van der Waals surface area contributed by atoms with Gasteiger partial charge in [-0.05, 0) is 35.4 Å². The van der Waals surface area contributed by atoms with Gasteiger partial charge in [-0.1, -0.05) is 97.1 Å². The lowest BCUT2D eigenvalue weighted by Crippen LogP contribution is -2.61. The Kier molecular flexibility index (Phi) is 10.1. The fourth-order valence-corrected chi connectivity index (χ4v) is 4.66. The Morgan fingerprint density at radius 1 is 0.595 bits per heavy atom. The summed E-state index contributed by atoms with van der Waals surface area (Å²) in [5.74, 6) is -1.17. The van der Waals surface area contributed by atoms with E-state index < -0.39 is 42.6 Å². The minimum atomic E-state index is -1.50. The molecular weight excluding hydrogens is 536 g/mol. The molecule has 1 heterocycles. The highest BCUT2D eigenvalue weighted by molar-refractivity contribution is 5.90. The highest BCUT2D eigenvalue weighted by atomic mass is 16.7. The molecule has 42 heavy (non-hydrogen) atoms. The maximum Gasteiger partial charge on any atom is 0.338 e. The van der Waals surface area contributed by atoms with Crippen molar-refractivity contribution in [3.8, 4) is 0 Å². The number of aliphatic hydroxyl groups excluding tert-OH is 1. The Balaban J connectivity index is 1.41. The number of carbonyl (C=O) groups excluding carboxylic acids is 2. The van der Waals surface area contributed by atoms with Crippen LogP contribution in [0.5, 0.6) is 0 Å². The first-order valence-corrected chi connectivity index (χ1v) is 13.7. The van der Waals surface area contributed by atoms with Gasteiger partial charge in [0.15, 0.2) is 12.4 Å². The van der Waals surface area contributed by atoms with Crippen LogP contribution in [0.25, 0.3) is 0 Å². The lowest BCUT2D eigenvalue weighted by molar-refractivity contribution is -0.305. The molecule has 0 saturated carbocycles. The van der Waals surface area contributed by atoms with E-state index in [1.54, 1.807) is 60.7 Å². The van der Waals surface area contributed by atoms with E-state index in [1.807, 2.05) is 60.7 Å². The van der Waals surface area contributed by atoms with E-state index in [9.17, 15) is 14.7 Å². The fraction of sp³-hybridized carbons (Fsp3) is 0.235. The Bertz CT molecular complexity index is 1400. The zero-order valence-electron chi connectivity index (χ0n) is 22.9. The van der Waals surface area contributed by atoms with Crippen LogP contribution in [0, 0.1) is 0 Å². The van der Waals surface area contributed by atoms with Crippen molar-refractivity contribution in [3.05, 3.63) is 144 Å². The third kappa shape index (κ3) is 7.69. The molecule has 0 bridgehead atoms. The van der Waals surface area contributed by atoms with Gasteiger partial charge >= 0.3 is 11.9 Å². The second kappa shape index (κ2) is 14.5. The van der Waals surface area contributed by atoms with Crippen LogP contribution in [0.1, 0.15) is 31.8 Å². The van der Waals surface area contributed by atoms with Crippen molar-refractivity contribution in [2.75, 3.05) is 6.61 Å². The van der Waals surface area contributed by atoms with Gasteiger partial charge in [0.2, 0.25) is 0 Å². The van der Waals surface area contributed by atoms with E-state index in [2.05, 4.69) is 0 Å². The van der Waals surface area contributed by atoms with Gasteiger partial charge in [-0.15, -0.1) is 0 Å². The molecule has 0 spiro atoms. The van der Waals surface area contributed by atoms with Crippen LogP contribution < -0.4 is 0 Å². The zero-order valence-corrected chi connectivity index (χ0v) is 22.9. The highest BCUT2D eigenvalue weighted by Gasteiger charge is 2.50. The van der Waals surface area contributed by atoms with Crippen molar-refractivity contribution in [2.24, 2.45) is 0 Å². The van der Waals surface area contributed by atoms with Crippen LogP contribution in [0.3, 0.4) is 0 Å². The lowest BCUT2D eigenvalue weighted by atomic mass is 9.98. The Morgan fingerprint density at radius 3 is 1.57 bits per heavy atom. The summed E-state index contributed by atoms with van der Waals surface area (Å²) >= 11 is 0. The minimum Gasteiger partial charge on any atom is -0.459 e. The summed E-state index contributed by atoms with van der Waals surface area (Å²) in [6.45, 7) is 0.0261. The number of esters is 2. The normalized spacial score (nSPS) is 21.8. The second-order valence-electron chi connectivity index (χ2n) is 9.79. The van der Waals surface area contributed by atoms with Gasteiger partial charge in [0.1, 0.15) is 24.9 Å². The SMILES string of the molecule is O=C(OC[C@H]1O[C@H](O)[C@@H](OCc2ccccc2)[C@@H](OC(=O)c2ccccc2)[C@@H]1OCc1ccccc1)c1ccccc1. The van der Waals surface area contributed by atoms with Crippen molar-refractivity contribution >= 4 is 11.9 Å². The molecule has 4 aromatic carbocycles. The quantitative estimate of drug-likeness (QED) is 0.254. The zero-order chi connectivity index (χ0) is 29.1. The average Bonchev–Trinajstić information content (AvgIpc) is 3.04. The lowest BCUT2D eigenvalue weighted by Gasteiger charge is -2.43. The van der Waals surface area contributed by atoms with Crippen LogP contribution in [0.15, 0.2) is 121 Å². The molecule has 0 radical (unpaired) electrons. The van der Waals surface area contributed by atoms with Crippen LogP contribution >= 0.6 is 0 Å². The second-order valence-corrected chi connectivity index (χ2v) is 9.79. The van der Waals surface area contributed by atoms with Gasteiger partial charge in [-0.2, -0.15) is 0 Å². The predicted octanol–water partition coefficient (Wildman–Crippen LogP) is 4.96. The Hall–Kier alpha value is -4.34. The van der Waals surface area contributed by atoms with Crippen LogP contribution in [-0.2, 0) is 36.9 Å². The van der Waals surface area contributed by atoms with Gasteiger partial charge in [0, 0.05) is 0 Å². The van der Waals surface area contributed by atoms with Crippen LogP contribution in [-0.4, -0.2) is 54.4 Å². The number of benzene rings is 4. The van der Waals surface area contributed by atoms with E-state index in [4.69, 9.17) is 23.7 Å². The summed E-state index contributed by atoms with van der Waals surface area (Å²) in [5, 5.41) is 11.1. The number of ether oxygens (including phenoxy) is 5. The number of carbonyl (C=O) groups is 2. The molecule has 1 N–H and O–H groups in total. The first kappa shape index (κ1) is 29.2. The number of hydrogen-bond acceptors (Lipinski definition) is 8. The minimum absolute atomic E-state index is 0.129. The molecule has 1 aliphatic rings. The molecule has 5 atom stereocenters. The van der Waals surface area contributed by atoms with E-state index in [0.717, 1.165) is 11.1 Å². The van der Waals surface area contributed by atoms with Gasteiger partial charge in [-0.25, -0.2) is 9.59 Å². The van der Waals surface area contributed by atoms with E-state index in [0.29, 0.717) is 11.1 Å². The molecule has 4 aromatic rings. The highest BCUT2D eigenvalue weighted by Crippen LogP contribution is 2.30. The van der Waals surface area contributed by atoms with Gasteiger partial charge in [0.25, 0.3) is 0 Å². The topological polar surface area (TPSA) is 101 Å². The molecule has 1 saturated heterocycles. The third-order valence-electron chi connectivity index (χ3n) is 6.82.